The number of carboxylic acid groups (broad SMARTS) is 1. The maximum atomic E-state index is 14.4. The standard InChI is InChI=1S/C30H30FN3O2S.C23H16FNO3S.C15H12FNOS.C9H8OS/c31-25-9-2-1-8-24(25)21-34-26-10-3-4-11-27(26)37-28(30(34)36)20-22-12-14-23(15-13-22)29(35)32-16-7-19-33-17-5-6-18-33;24-18-6-2-1-5-17(18)14-25-19-7-3-4-8-20(19)29-21(22(25)26)13-15-9-11-16(12-10-15)23(27)28;16-12-6-2-1-5-11(12)9-17-13-7-3-4-8-14(13)19-10-15(17)18;10-8-5-7-3-1-2-4-9(7)11-6-8/h1-4,8-15,20H,5-7,16-19,21H2,(H,32,35);1-13H,14H2,(H,27,28);1-8H,9-10H2;1-4H,5-6H2. The molecule has 2 N–H and O–H groups in total. The van der Waals surface area contributed by atoms with Crippen LogP contribution in [-0.4, -0.2) is 83.1 Å². The molecule has 0 bridgehead atoms. The third kappa shape index (κ3) is 17.6. The van der Waals surface area contributed by atoms with Crippen LogP contribution in [0.4, 0.5) is 30.2 Å². The quantitative estimate of drug-likeness (QED) is 0.0789. The lowest BCUT2D eigenvalue weighted by atomic mass is 10.1. The largest absolute Gasteiger partial charge is 0.478 e. The van der Waals surface area contributed by atoms with Crippen molar-refractivity contribution in [1.29, 1.82) is 0 Å². The van der Waals surface area contributed by atoms with Gasteiger partial charge in [0, 0.05) is 54.8 Å². The van der Waals surface area contributed by atoms with Crippen LogP contribution in [0, 0.1) is 17.5 Å². The molecular formula is C77H66F3N5O7S4. The molecular weight excluding hydrogens is 1290 g/mol. The van der Waals surface area contributed by atoms with Crippen LogP contribution in [0.2, 0.25) is 0 Å². The Hall–Kier alpha value is -9.37. The summed E-state index contributed by atoms with van der Waals surface area (Å²) in [4.78, 5) is 85.8. The molecule has 12 nitrogen and oxygen atoms in total. The van der Waals surface area contributed by atoms with Crippen LogP contribution in [0.1, 0.15) is 73.4 Å². The smallest absolute Gasteiger partial charge is 0.335 e. The number of hydrogen-bond acceptors (Lipinski definition) is 11. The minimum atomic E-state index is -1.00. The van der Waals surface area contributed by atoms with Crippen molar-refractivity contribution < 1.29 is 47.0 Å². The zero-order valence-corrected chi connectivity index (χ0v) is 55.4. The van der Waals surface area contributed by atoms with E-state index in [9.17, 15) is 41.9 Å². The molecule has 5 heterocycles. The van der Waals surface area contributed by atoms with Crippen molar-refractivity contribution in [3.05, 3.63) is 290 Å². The summed E-state index contributed by atoms with van der Waals surface area (Å²) >= 11 is 5.93. The topological polar surface area (TPSA) is 148 Å². The Kier molecular flexibility index (Phi) is 23.3. The fraction of sp³-hybridized carbons (Fsp3) is 0.169. The number of para-hydroxylation sites is 3. The van der Waals surface area contributed by atoms with Gasteiger partial charge in [0.05, 0.1) is 63.6 Å². The highest BCUT2D eigenvalue weighted by atomic mass is 32.2. The summed E-state index contributed by atoms with van der Waals surface area (Å²) in [7, 11) is 0. The maximum absolute atomic E-state index is 14.4. The number of Topliss-reactive ketones (excluding diaryl/α,β-unsaturated/α-hetero) is 1. The van der Waals surface area contributed by atoms with Crippen LogP contribution in [0.25, 0.3) is 12.2 Å². The number of halogens is 3. The summed E-state index contributed by atoms with van der Waals surface area (Å²) in [6.45, 7) is 4.56. The van der Waals surface area contributed by atoms with Gasteiger partial charge in [-0.15, -0.1) is 23.5 Å². The Labute approximate surface area is 572 Å². The van der Waals surface area contributed by atoms with Crippen LogP contribution in [-0.2, 0) is 45.2 Å². The number of nitrogens with one attached hydrogen (secondary N) is 1. The number of rotatable bonds is 14. The third-order valence-corrected chi connectivity index (χ3v) is 20.5. The first-order valence-electron chi connectivity index (χ1n) is 31.2. The van der Waals surface area contributed by atoms with Crippen molar-refractivity contribution in [3.63, 3.8) is 0 Å². The Balaban J connectivity index is 0.000000140. The van der Waals surface area contributed by atoms with Crippen LogP contribution in [0.5, 0.6) is 0 Å². The van der Waals surface area contributed by atoms with Crippen molar-refractivity contribution in [3.8, 4) is 0 Å². The molecule has 5 aliphatic heterocycles. The number of aromatic carboxylic acids is 1. The second kappa shape index (κ2) is 32.9. The highest BCUT2D eigenvalue weighted by Crippen LogP contribution is 2.45. The Morgan fingerprint density at radius 2 is 0.885 bits per heavy atom. The van der Waals surface area contributed by atoms with Gasteiger partial charge in [-0.05, 0) is 153 Å². The van der Waals surface area contributed by atoms with Crippen LogP contribution in [0.15, 0.2) is 248 Å². The summed E-state index contributed by atoms with van der Waals surface area (Å²) < 4.78 is 42.3. The zero-order chi connectivity index (χ0) is 66.9. The number of hydrogen-bond donors (Lipinski definition) is 2. The summed E-state index contributed by atoms with van der Waals surface area (Å²) in [5.74, 6) is -1.03. The molecule has 0 radical (unpaired) electrons. The second-order valence-corrected chi connectivity index (χ2v) is 27.0. The lowest BCUT2D eigenvalue weighted by Gasteiger charge is -2.30. The molecule has 486 valence electrons. The number of thioether (sulfide) groups is 4. The summed E-state index contributed by atoms with van der Waals surface area (Å²) in [5, 5.41) is 12.0. The number of carboxylic acids is 1. The average molecular weight is 1360 g/mol. The van der Waals surface area contributed by atoms with Crippen molar-refractivity contribution in [1.82, 2.24) is 10.2 Å². The van der Waals surface area contributed by atoms with Crippen molar-refractivity contribution in [2.75, 3.05) is 52.4 Å². The van der Waals surface area contributed by atoms with Crippen molar-refractivity contribution in [2.45, 2.75) is 64.9 Å². The second-order valence-electron chi connectivity index (χ2n) is 22.8. The van der Waals surface area contributed by atoms with E-state index < -0.39 is 5.97 Å². The number of carbonyl (C=O) groups excluding carboxylic acids is 5. The molecule has 14 rings (SSSR count). The van der Waals surface area contributed by atoms with Gasteiger partial charge in [0.1, 0.15) is 23.2 Å². The molecule has 0 spiro atoms. The number of amides is 4. The number of anilines is 3. The van der Waals surface area contributed by atoms with E-state index in [4.69, 9.17) is 5.11 Å². The molecule has 0 atom stereocenters. The van der Waals surface area contributed by atoms with Gasteiger partial charge < -0.3 is 30.0 Å². The molecule has 4 amide bonds. The van der Waals surface area contributed by atoms with Gasteiger partial charge in [0.2, 0.25) is 5.91 Å². The normalized spacial score (nSPS) is 15.6. The highest BCUT2D eigenvalue weighted by Gasteiger charge is 2.32. The predicted molar refractivity (Wildman–Crippen MR) is 379 cm³/mol. The van der Waals surface area contributed by atoms with Gasteiger partial charge in [0.25, 0.3) is 17.7 Å². The van der Waals surface area contributed by atoms with E-state index in [2.05, 4.69) is 16.3 Å². The molecule has 19 heteroatoms. The SMILES string of the molecule is O=C(NCCCN1CCCC1)c1ccc(C=C2Sc3ccccc3N(Cc3ccccc3F)C2=O)cc1.O=C(O)c1ccc(C=C2Sc3ccccc3N(Cc3ccccc3F)C2=O)cc1.O=C1CSc2ccccc2C1.O=C1CSc2ccccc2N1Cc1ccccc1F. The number of ketones is 1. The van der Waals surface area contributed by atoms with Crippen LogP contribution < -0.4 is 20.0 Å². The molecule has 5 aliphatic rings. The molecule has 1 fully saturated rings. The third-order valence-electron chi connectivity index (χ3n) is 16.1. The van der Waals surface area contributed by atoms with E-state index >= 15 is 0 Å². The molecule has 0 aliphatic carbocycles. The fourth-order valence-electron chi connectivity index (χ4n) is 11.1. The number of nitrogens with zero attached hydrogens (tertiary/aromatic N) is 4. The van der Waals surface area contributed by atoms with Gasteiger partial charge in [-0.2, -0.15) is 0 Å². The van der Waals surface area contributed by atoms with E-state index in [-0.39, 0.29) is 66.3 Å². The number of likely N-dealkylation sites (tertiary alicyclic amines) is 1. The van der Waals surface area contributed by atoms with Gasteiger partial charge in [-0.3, -0.25) is 24.0 Å². The first-order chi connectivity index (χ1) is 46.7. The van der Waals surface area contributed by atoms with Gasteiger partial charge in [0.15, 0.2) is 0 Å². The number of benzene rings is 9. The maximum Gasteiger partial charge on any atom is 0.335 e. The lowest BCUT2D eigenvalue weighted by molar-refractivity contribution is -0.117. The van der Waals surface area contributed by atoms with Crippen molar-refractivity contribution in [2.24, 2.45) is 0 Å². The minimum Gasteiger partial charge on any atom is -0.478 e. The van der Waals surface area contributed by atoms with E-state index in [1.54, 1.807) is 111 Å². The Morgan fingerprint density at radius 1 is 0.469 bits per heavy atom. The lowest BCUT2D eigenvalue weighted by Crippen LogP contribution is -2.35. The predicted octanol–water partition coefficient (Wildman–Crippen LogP) is 16.3. The first-order valence-corrected chi connectivity index (χ1v) is 34.8. The van der Waals surface area contributed by atoms with Crippen molar-refractivity contribution >= 4 is 112 Å². The van der Waals surface area contributed by atoms with E-state index in [0.29, 0.717) is 62.3 Å². The van der Waals surface area contributed by atoms with Gasteiger partial charge in [-0.1, -0.05) is 157 Å². The van der Waals surface area contributed by atoms with E-state index in [1.807, 2.05) is 109 Å². The molecule has 0 aromatic heterocycles. The van der Waals surface area contributed by atoms with E-state index in [1.165, 1.54) is 88.9 Å². The summed E-state index contributed by atoms with van der Waals surface area (Å²) in [6, 6.07) is 64.1. The minimum absolute atomic E-state index is 0.0203. The number of carbonyl (C=O) groups is 6. The summed E-state index contributed by atoms with van der Waals surface area (Å²) in [5.41, 5.74) is 7.33. The highest BCUT2D eigenvalue weighted by molar-refractivity contribution is 8.04. The van der Waals surface area contributed by atoms with Gasteiger partial charge in [-0.25, -0.2) is 18.0 Å². The van der Waals surface area contributed by atoms with Crippen LogP contribution >= 0.6 is 47.0 Å². The molecule has 1 saturated heterocycles. The van der Waals surface area contributed by atoms with E-state index in [0.717, 1.165) is 68.9 Å². The number of fused-ring (bicyclic) bond motifs is 4. The first kappa shape index (κ1) is 68.0. The summed E-state index contributed by atoms with van der Waals surface area (Å²) in [6.07, 6.45) is 7.67. The molecule has 9 aromatic rings. The molecule has 0 unspecified atom stereocenters. The molecule has 0 saturated carbocycles. The van der Waals surface area contributed by atoms with Gasteiger partial charge >= 0.3 is 5.97 Å². The Bertz CT molecular complexity index is 4390. The monoisotopic (exact) mass is 1360 g/mol. The zero-order valence-electron chi connectivity index (χ0n) is 52.1. The fourth-order valence-corrected chi connectivity index (χ4v) is 15.1. The molecule has 96 heavy (non-hydrogen) atoms. The Morgan fingerprint density at radius 3 is 1.39 bits per heavy atom. The van der Waals surface area contributed by atoms with Crippen LogP contribution in [0.3, 0.4) is 0 Å². The average Bonchev–Trinajstić information content (AvgIpc) is 0.859. The molecule has 9 aromatic carbocycles.